The highest BCUT2D eigenvalue weighted by Crippen LogP contribution is 2.36. The minimum atomic E-state index is -0.760. The number of esters is 1. The van der Waals surface area contributed by atoms with Gasteiger partial charge in [0.2, 0.25) is 5.91 Å². The fourth-order valence-electron chi connectivity index (χ4n) is 4.76. The summed E-state index contributed by atoms with van der Waals surface area (Å²) < 4.78 is 18.6. The van der Waals surface area contributed by atoms with E-state index in [2.05, 4.69) is 4.99 Å². The second-order valence-corrected chi connectivity index (χ2v) is 10.6. The lowest BCUT2D eigenvalue weighted by atomic mass is 9.86. The summed E-state index contributed by atoms with van der Waals surface area (Å²) in [5.74, 6) is -1.43. The Balaban J connectivity index is 1.61. The van der Waals surface area contributed by atoms with E-state index in [4.69, 9.17) is 16.3 Å². The molecule has 0 N–H and O–H groups in total. The number of urea groups is 1. The van der Waals surface area contributed by atoms with E-state index in [1.165, 1.54) is 12.1 Å². The van der Waals surface area contributed by atoms with Gasteiger partial charge in [0, 0.05) is 37.3 Å². The molecule has 0 spiro atoms. The Kier molecular flexibility index (Phi) is 11.0. The third-order valence-electron chi connectivity index (χ3n) is 6.75. The number of aryl methyl sites for hydroxylation is 1. The van der Waals surface area contributed by atoms with Gasteiger partial charge in [-0.2, -0.15) is 0 Å². The van der Waals surface area contributed by atoms with E-state index < -0.39 is 24.0 Å². The van der Waals surface area contributed by atoms with E-state index in [0.717, 1.165) is 30.4 Å². The summed E-state index contributed by atoms with van der Waals surface area (Å²) in [6.07, 6.45) is 2.97. The van der Waals surface area contributed by atoms with Crippen LogP contribution < -0.4 is 0 Å². The average Bonchev–Trinajstić information content (AvgIpc) is 2.87. The summed E-state index contributed by atoms with van der Waals surface area (Å²) in [5.41, 5.74) is 2.17. The molecular formula is C30H37ClFN3O4. The molecule has 0 bridgehead atoms. The van der Waals surface area contributed by atoms with Crippen LogP contribution in [0.2, 0.25) is 5.02 Å². The first-order valence-corrected chi connectivity index (χ1v) is 13.7. The van der Waals surface area contributed by atoms with Crippen LogP contribution in [0.5, 0.6) is 0 Å². The van der Waals surface area contributed by atoms with E-state index in [9.17, 15) is 18.8 Å². The number of hydrogen-bond donors (Lipinski definition) is 0. The van der Waals surface area contributed by atoms with Gasteiger partial charge in [0.1, 0.15) is 11.7 Å². The molecule has 0 fully saturated rings. The number of halogens is 2. The number of ether oxygens (including phenoxy) is 1. The normalized spacial score (nSPS) is 17.3. The summed E-state index contributed by atoms with van der Waals surface area (Å²) in [5, 5.41) is 0.501. The van der Waals surface area contributed by atoms with Crippen LogP contribution in [0.1, 0.15) is 63.6 Å². The standard InChI is InChI=1S/C30H37ClFN3O4/c1-20(2)39-29(37)27-21(3)33-30(38)35(28(27)23-10-7-11-24(31)19-23)18-8-17-34(4)26(36)12-6-5-9-22-13-15-25(32)16-14-22/h7,10-11,13-16,19-20,27-28H,5-6,8-9,12,17-18H2,1-4H3. The SMILES string of the molecule is CC1=NC(=O)N(CCCN(C)C(=O)CCCCc2ccc(F)cc2)C(c2cccc(Cl)c2)C1C(=O)OC(C)C. The lowest BCUT2D eigenvalue weighted by molar-refractivity contribution is -0.151. The summed E-state index contributed by atoms with van der Waals surface area (Å²) in [6, 6.07) is 12.5. The van der Waals surface area contributed by atoms with Gasteiger partial charge in [0.25, 0.3) is 0 Å². The Morgan fingerprint density at radius 2 is 1.85 bits per heavy atom. The van der Waals surface area contributed by atoms with E-state index in [1.54, 1.807) is 68.0 Å². The van der Waals surface area contributed by atoms with Crippen molar-refractivity contribution in [3.8, 4) is 0 Å². The number of nitrogens with zero attached hydrogens (tertiary/aromatic N) is 3. The van der Waals surface area contributed by atoms with Gasteiger partial charge in [-0.05, 0) is 81.8 Å². The van der Waals surface area contributed by atoms with Gasteiger partial charge in [0.05, 0.1) is 12.1 Å². The Hall–Kier alpha value is -3.26. The molecule has 3 amide bonds. The van der Waals surface area contributed by atoms with Crippen LogP contribution in [-0.4, -0.2) is 59.7 Å². The average molecular weight is 558 g/mol. The zero-order valence-corrected chi connectivity index (χ0v) is 23.8. The van der Waals surface area contributed by atoms with E-state index >= 15 is 0 Å². The number of aliphatic imine (C=N–C) groups is 1. The predicted octanol–water partition coefficient (Wildman–Crippen LogP) is 6.25. The molecule has 0 aliphatic carbocycles. The molecule has 0 aromatic heterocycles. The first-order valence-electron chi connectivity index (χ1n) is 13.4. The molecule has 0 saturated carbocycles. The summed E-state index contributed by atoms with van der Waals surface area (Å²) in [7, 11) is 1.75. The number of hydrogen-bond acceptors (Lipinski definition) is 4. The largest absolute Gasteiger partial charge is 0.462 e. The predicted molar refractivity (Wildman–Crippen MR) is 150 cm³/mol. The van der Waals surface area contributed by atoms with Crippen molar-refractivity contribution in [1.29, 1.82) is 0 Å². The number of unbranched alkanes of at least 4 members (excludes halogenated alkanes) is 1. The zero-order chi connectivity index (χ0) is 28.5. The molecule has 2 aromatic carbocycles. The molecule has 1 heterocycles. The maximum atomic E-state index is 13.1. The lowest BCUT2D eigenvalue weighted by Crippen LogP contribution is -2.48. The molecule has 9 heteroatoms. The fourth-order valence-corrected chi connectivity index (χ4v) is 4.96. The van der Waals surface area contributed by atoms with Crippen molar-refractivity contribution in [3.63, 3.8) is 0 Å². The van der Waals surface area contributed by atoms with Crippen LogP contribution in [0.4, 0.5) is 9.18 Å². The molecule has 1 aliphatic rings. The van der Waals surface area contributed by atoms with Crippen LogP contribution in [0.25, 0.3) is 0 Å². The molecule has 2 aromatic rings. The van der Waals surface area contributed by atoms with Gasteiger partial charge >= 0.3 is 12.0 Å². The maximum absolute atomic E-state index is 13.1. The number of amides is 3. The molecule has 3 rings (SSSR count). The summed E-state index contributed by atoms with van der Waals surface area (Å²) >= 11 is 6.26. The molecule has 2 unspecified atom stereocenters. The molecule has 0 radical (unpaired) electrons. The Morgan fingerprint density at radius 3 is 2.51 bits per heavy atom. The van der Waals surface area contributed by atoms with Gasteiger partial charge in [-0.3, -0.25) is 9.59 Å². The number of carbonyl (C=O) groups is 3. The van der Waals surface area contributed by atoms with Crippen LogP contribution >= 0.6 is 11.6 Å². The van der Waals surface area contributed by atoms with Gasteiger partial charge in [-0.25, -0.2) is 14.2 Å². The third-order valence-corrected chi connectivity index (χ3v) is 6.99. The van der Waals surface area contributed by atoms with Gasteiger partial charge in [-0.1, -0.05) is 35.9 Å². The van der Waals surface area contributed by atoms with Gasteiger partial charge < -0.3 is 14.5 Å². The monoisotopic (exact) mass is 557 g/mol. The second kappa shape index (κ2) is 14.2. The van der Waals surface area contributed by atoms with Crippen LogP contribution in [0.15, 0.2) is 53.5 Å². The minimum absolute atomic E-state index is 0.0257. The Morgan fingerprint density at radius 1 is 1.13 bits per heavy atom. The van der Waals surface area contributed by atoms with Gasteiger partial charge in [0.15, 0.2) is 0 Å². The molecule has 210 valence electrons. The molecule has 2 atom stereocenters. The molecule has 7 nitrogen and oxygen atoms in total. The van der Waals surface area contributed by atoms with Crippen LogP contribution in [0, 0.1) is 11.7 Å². The highest BCUT2D eigenvalue weighted by atomic mass is 35.5. The van der Waals surface area contributed by atoms with Gasteiger partial charge in [-0.15, -0.1) is 0 Å². The maximum Gasteiger partial charge on any atom is 0.344 e. The number of rotatable bonds is 12. The highest BCUT2D eigenvalue weighted by Gasteiger charge is 2.43. The summed E-state index contributed by atoms with van der Waals surface area (Å²) in [6.45, 7) is 5.98. The number of benzene rings is 2. The van der Waals surface area contributed by atoms with Crippen molar-refractivity contribution in [2.75, 3.05) is 20.1 Å². The van der Waals surface area contributed by atoms with E-state index in [0.29, 0.717) is 36.7 Å². The van der Waals surface area contributed by atoms with Crippen LogP contribution in [-0.2, 0) is 20.7 Å². The van der Waals surface area contributed by atoms with Crippen molar-refractivity contribution in [2.24, 2.45) is 10.9 Å². The minimum Gasteiger partial charge on any atom is -0.462 e. The fraction of sp³-hybridized carbons (Fsp3) is 0.467. The van der Waals surface area contributed by atoms with E-state index in [1.807, 2.05) is 6.07 Å². The van der Waals surface area contributed by atoms with Crippen molar-refractivity contribution in [1.82, 2.24) is 9.80 Å². The summed E-state index contributed by atoms with van der Waals surface area (Å²) in [4.78, 5) is 46.2. The zero-order valence-electron chi connectivity index (χ0n) is 23.0. The second-order valence-electron chi connectivity index (χ2n) is 10.2. The lowest BCUT2D eigenvalue weighted by Gasteiger charge is -2.39. The van der Waals surface area contributed by atoms with Crippen LogP contribution in [0.3, 0.4) is 0 Å². The van der Waals surface area contributed by atoms with Crippen molar-refractivity contribution in [3.05, 3.63) is 70.5 Å². The Labute approximate surface area is 235 Å². The smallest absolute Gasteiger partial charge is 0.344 e. The molecule has 1 aliphatic heterocycles. The quantitative estimate of drug-likeness (QED) is 0.228. The molecule has 39 heavy (non-hydrogen) atoms. The number of carbonyl (C=O) groups excluding carboxylic acids is 3. The first-order chi connectivity index (χ1) is 18.6. The van der Waals surface area contributed by atoms with Crippen molar-refractivity contribution < 1.29 is 23.5 Å². The third kappa shape index (κ3) is 8.62. The molecule has 0 saturated heterocycles. The highest BCUT2D eigenvalue weighted by molar-refractivity contribution is 6.30. The topological polar surface area (TPSA) is 79.3 Å². The first kappa shape index (κ1) is 30.3. The van der Waals surface area contributed by atoms with Crippen molar-refractivity contribution in [2.45, 2.75) is 65.0 Å². The Bertz CT molecular complexity index is 1180. The van der Waals surface area contributed by atoms with E-state index in [-0.39, 0.29) is 17.8 Å². The van der Waals surface area contributed by atoms with Crippen molar-refractivity contribution >= 4 is 35.2 Å². The molecular weight excluding hydrogens is 521 g/mol.